The summed E-state index contributed by atoms with van der Waals surface area (Å²) in [4.78, 5) is 35.8. The molecule has 6 heteroatoms. The van der Waals surface area contributed by atoms with Gasteiger partial charge in [0.2, 0.25) is 5.91 Å². The van der Waals surface area contributed by atoms with E-state index in [1.807, 2.05) is 19.1 Å². The number of nitrogens with zero attached hydrogens (tertiary/aromatic N) is 1. The zero-order chi connectivity index (χ0) is 14.0. The van der Waals surface area contributed by atoms with Crippen LogP contribution in [0.1, 0.15) is 18.9 Å². The third kappa shape index (κ3) is 2.63. The fraction of sp³-hybridized carbons (Fsp3) is 0.308. The monoisotopic (exact) mass is 279 g/mol. The third-order valence-corrected chi connectivity index (χ3v) is 3.93. The Balaban J connectivity index is 2.32. The molecule has 1 N–H and O–H groups in total. The molecule has 19 heavy (non-hydrogen) atoms. The highest BCUT2D eigenvalue weighted by atomic mass is 32.2. The summed E-state index contributed by atoms with van der Waals surface area (Å²) in [6.07, 6.45) is 0.363. The summed E-state index contributed by atoms with van der Waals surface area (Å²) in [5.41, 5.74) is 1.45. The van der Waals surface area contributed by atoms with E-state index in [2.05, 4.69) is 0 Å². The van der Waals surface area contributed by atoms with Crippen LogP contribution in [0.15, 0.2) is 24.3 Å². The Kier molecular flexibility index (Phi) is 3.90. The molecule has 1 saturated heterocycles. The quantitative estimate of drug-likeness (QED) is 0.915. The maximum atomic E-state index is 12.1. The number of hydrogen-bond acceptors (Lipinski definition) is 4. The van der Waals surface area contributed by atoms with Crippen molar-refractivity contribution in [3.05, 3.63) is 29.8 Å². The van der Waals surface area contributed by atoms with Crippen LogP contribution in [-0.2, 0) is 16.0 Å². The lowest BCUT2D eigenvalue weighted by Crippen LogP contribution is -2.32. The van der Waals surface area contributed by atoms with Gasteiger partial charge >= 0.3 is 5.97 Å². The number of carboxylic acids is 1. The molecule has 2 rings (SSSR count). The molecule has 5 nitrogen and oxygen atoms in total. The number of anilines is 1. The number of imide groups is 1. The molecule has 1 aromatic rings. The number of carboxylic acid groups (broad SMARTS) is 1. The van der Waals surface area contributed by atoms with Crippen LogP contribution in [0, 0.1) is 0 Å². The lowest BCUT2D eigenvalue weighted by Gasteiger charge is -2.17. The predicted octanol–water partition coefficient (Wildman–Crippen LogP) is 2.29. The van der Waals surface area contributed by atoms with E-state index in [9.17, 15) is 14.4 Å². The number of aliphatic carboxylic acids is 1. The van der Waals surface area contributed by atoms with Crippen molar-refractivity contribution in [2.45, 2.75) is 25.0 Å². The highest BCUT2D eigenvalue weighted by Crippen LogP contribution is 2.35. The maximum Gasteiger partial charge on any atom is 0.305 e. The van der Waals surface area contributed by atoms with Crippen molar-refractivity contribution in [2.24, 2.45) is 0 Å². The molecule has 0 aliphatic carbocycles. The molecule has 0 saturated carbocycles. The number of hydrogen-bond donors (Lipinski definition) is 1. The molecule has 0 bridgehead atoms. The highest BCUT2D eigenvalue weighted by molar-refractivity contribution is 8.15. The second kappa shape index (κ2) is 5.44. The summed E-state index contributed by atoms with van der Waals surface area (Å²) in [6.45, 7) is 1.94. The first-order valence-electron chi connectivity index (χ1n) is 5.89. The topological polar surface area (TPSA) is 74.7 Å². The molecule has 2 amide bonds. The van der Waals surface area contributed by atoms with Crippen molar-refractivity contribution in [3.8, 4) is 0 Å². The minimum atomic E-state index is -1.08. The fourth-order valence-corrected chi connectivity index (χ4v) is 2.96. The number of amides is 2. The number of benzene rings is 1. The van der Waals surface area contributed by atoms with Crippen molar-refractivity contribution in [1.29, 1.82) is 0 Å². The second-order valence-corrected chi connectivity index (χ2v) is 5.28. The van der Waals surface area contributed by atoms with E-state index in [0.29, 0.717) is 12.1 Å². The van der Waals surface area contributed by atoms with E-state index in [1.165, 1.54) is 0 Å². The van der Waals surface area contributed by atoms with Gasteiger partial charge in [0, 0.05) is 0 Å². The average molecular weight is 279 g/mol. The van der Waals surface area contributed by atoms with E-state index >= 15 is 0 Å². The molecule has 1 atom stereocenters. The zero-order valence-electron chi connectivity index (χ0n) is 10.3. The molecule has 1 aromatic carbocycles. The largest absolute Gasteiger partial charge is 0.481 e. The number of thioether (sulfide) groups is 1. The van der Waals surface area contributed by atoms with Gasteiger partial charge in [0.15, 0.2) is 0 Å². The Bertz CT molecular complexity index is 543. The van der Waals surface area contributed by atoms with Gasteiger partial charge < -0.3 is 5.11 Å². The molecule has 0 spiro atoms. The molecular weight excluding hydrogens is 266 g/mol. The Morgan fingerprint density at radius 1 is 1.37 bits per heavy atom. The summed E-state index contributed by atoms with van der Waals surface area (Å²) < 4.78 is 0. The number of carbonyl (C=O) groups is 3. The summed E-state index contributed by atoms with van der Waals surface area (Å²) in [5.74, 6) is -1.53. The van der Waals surface area contributed by atoms with E-state index in [0.717, 1.165) is 22.2 Å². The van der Waals surface area contributed by atoms with Gasteiger partial charge in [-0.3, -0.25) is 14.4 Å². The summed E-state index contributed by atoms with van der Waals surface area (Å²) in [7, 11) is 0. The summed E-state index contributed by atoms with van der Waals surface area (Å²) >= 11 is 0.781. The van der Waals surface area contributed by atoms with Crippen molar-refractivity contribution >= 4 is 34.6 Å². The standard InChI is InChI=1S/C13H13NO4S/c1-2-8-5-3-4-6-9(8)14-12(17)10(7-11(15)16)19-13(14)18/h3-6,10H,2,7H2,1H3,(H,15,16)/t10-/m0/s1. The molecule has 0 aromatic heterocycles. The van der Waals surface area contributed by atoms with Gasteiger partial charge in [-0.1, -0.05) is 25.1 Å². The van der Waals surface area contributed by atoms with Gasteiger partial charge in [0.05, 0.1) is 12.1 Å². The molecule has 1 aliphatic rings. The lowest BCUT2D eigenvalue weighted by atomic mass is 10.1. The number of rotatable bonds is 4. The van der Waals surface area contributed by atoms with Gasteiger partial charge in [0.1, 0.15) is 5.25 Å². The van der Waals surface area contributed by atoms with Gasteiger partial charge in [-0.25, -0.2) is 4.90 Å². The number of aryl methyl sites for hydroxylation is 1. The van der Waals surface area contributed by atoms with E-state index < -0.39 is 22.4 Å². The second-order valence-electron chi connectivity index (χ2n) is 4.13. The minimum absolute atomic E-state index is 0.333. The van der Waals surface area contributed by atoms with Gasteiger partial charge in [-0.2, -0.15) is 0 Å². The Labute approximate surface area is 114 Å². The first-order valence-corrected chi connectivity index (χ1v) is 6.76. The van der Waals surface area contributed by atoms with E-state index in [4.69, 9.17) is 5.11 Å². The molecular formula is C13H13NO4S. The Morgan fingerprint density at radius 3 is 2.68 bits per heavy atom. The van der Waals surface area contributed by atoms with Crippen molar-refractivity contribution in [3.63, 3.8) is 0 Å². The summed E-state index contributed by atoms with van der Waals surface area (Å²) in [6, 6.07) is 7.16. The van der Waals surface area contributed by atoms with Gasteiger partial charge in [-0.05, 0) is 29.8 Å². The van der Waals surface area contributed by atoms with Crippen molar-refractivity contribution < 1.29 is 19.5 Å². The Morgan fingerprint density at radius 2 is 2.05 bits per heavy atom. The van der Waals surface area contributed by atoms with Crippen LogP contribution in [-0.4, -0.2) is 27.5 Å². The number of para-hydroxylation sites is 1. The average Bonchev–Trinajstić information content (AvgIpc) is 2.64. The molecule has 100 valence electrons. The molecule has 0 unspecified atom stereocenters. The first kappa shape index (κ1) is 13.6. The molecule has 0 radical (unpaired) electrons. The Hall–Kier alpha value is -1.82. The van der Waals surface area contributed by atoms with Crippen molar-refractivity contribution in [1.82, 2.24) is 0 Å². The third-order valence-electron chi connectivity index (χ3n) is 2.89. The molecule has 1 heterocycles. The maximum absolute atomic E-state index is 12.1. The zero-order valence-corrected chi connectivity index (χ0v) is 11.1. The lowest BCUT2D eigenvalue weighted by molar-refractivity contribution is -0.138. The SMILES string of the molecule is CCc1ccccc1N1C(=O)S[C@@H](CC(=O)O)C1=O. The number of carbonyl (C=O) groups excluding carboxylic acids is 2. The van der Waals surface area contributed by atoms with E-state index in [1.54, 1.807) is 12.1 Å². The molecule has 1 fully saturated rings. The van der Waals surface area contributed by atoms with Crippen LogP contribution < -0.4 is 4.90 Å². The van der Waals surface area contributed by atoms with Crippen LogP contribution in [0.5, 0.6) is 0 Å². The van der Waals surface area contributed by atoms with Gasteiger partial charge in [-0.15, -0.1) is 0 Å². The highest BCUT2D eigenvalue weighted by Gasteiger charge is 2.42. The van der Waals surface area contributed by atoms with Gasteiger partial charge in [0.25, 0.3) is 5.24 Å². The van der Waals surface area contributed by atoms with Crippen LogP contribution in [0.3, 0.4) is 0 Å². The van der Waals surface area contributed by atoms with Crippen LogP contribution in [0.2, 0.25) is 0 Å². The van der Waals surface area contributed by atoms with Crippen LogP contribution >= 0.6 is 11.8 Å². The van der Waals surface area contributed by atoms with E-state index in [-0.39, 0.29) is 6.42 Å². The summed E-state index contributed by atoms with van der Waals surface area (Å²) in [5, 5.41) is 7.51. The van der Waals surface area contributed by atoms with Crippen molar-refractivity contribution in [2.75, 3.05) is 4.90 Å². The predicted molar refractivity (Wildman–Crippen MR) is 72.3 cm³/mol. The smallest absolute Gasteiger partial charge is 0.305 e. The fourth-order valence-electron chi connectivity index (χ4n) is 1.99. The first-order chi connectivity index (χ1) is 9.04. The molecule has 1 aliphatic heterocycles. The normalized spacial score (nSPS) is 19.0. The van der Waals surface area contributed by atoms with Crippen LogP contribution in [0.25, 0.3) is 0 Å². The minimum Gasteiger partial charge on any atom is -0.481 e. The van der Waals surface area contributed by atoms with Crippen LogP contribution in [0.4, 0.5) is 10.5 Å².